The van der Waals surface area contributed by atoms with Crippen LogP contribution in [-0.4, -0.2) is 15.7 Å². The van der Waals surface area contributed by atoms with Gasteiger partial charge in [-0.15, -0.1) is 0 Å². The van der Waals surface area contributed by atoms with E-state index in [1.54, 1.807) is 6.07 Å². The summed E-state index contributed by atoms with van der Waals surface area (Å²) < 4.78 is 40.0. The zero-order valence-electron chi connectivity index (χ0n) is 12.8. The van der Waals surface area contributed by atoms with Gasteiger partial charge in [0.15, 0.2) is 11.9 Å². The minimum absolute atomic E-state index is 0.0289. The zero-order chi connectivity index (χ0) is 17.6. The highest BCUT2D eigenvalue weighted by atomic mass is 35.5. The van der Waals surface area contributed by atoms with Crippen molar-refractivity contribution in [2.45, 2.75) is 20.0 Å². The lowest BCUT2D eigenvalue weighted by atomic mass is 10.0. The number of aromatic nitrogens is 2. The number of alkyl halides is 3. The maximum atomic E-state index is 13.0. The number of hydrogen-bond donors (Lipinski definition) is 0. The summed E-state index contributed by atoms with van der Waals surface area (Å²) in [5, 5.41) is -0.164. The van der Waals surface area contributed by atoms with Crippen LogP contribution in [0.25, 0.3) is 16.9 Å². The molecule has 0 bridgehead atoms. The van der Waals surface area contributed by atoms with Crippen molar-refractivity contribution in [3.8, 4) is 11.3 Å². The van der Waals surface area contributed by atoms with Gasteiger partial charge in [0.2, 0.25) is 0 Å². The third-order valence-corrected chi connectivity index (χ3v) is 4.21. The molecule has 0 aliphatic heterocycles. The van der Waals surface area contributed by atoms with Gasteiger partial charge in [-0.1, -0.05) is 23.7 Å². The van der Waals surface area contributed by atoms with Crippen LogP contribution in [-0.2, 0) is 6.18 Å². The number of fused-ring (bicyclic) bond motifs is 1. The van der Waals surface area contributed by atoms with Crippen LogP contribution in [0.1, 0.15) is 27.2 Å². The van der Waals surface area contributed by atoms with Crippen molar-refractivity contribution in [2.24, 2.45) is 0 Å². The summed E-state index contributed by atoms with van der Waals surface area (Å²) in [6.45, 7) is 3.85. The minimum atomic E-state index is -4.57. The Morgan fingerprint density at radius 2 is 1.88 bits per heavy atom. The third-order valence-electron chi connectivity index (χ3n) is 3.93. The van der Waals surface area contributed by atoms with E-state index in [1.807, 2.05) is 26.0 Å². The van der Waals surface area contributed by atoms with E-state index in [1.165, 1.54) is 0 Å². The normalized spacial score (nSPS) is 11.9. The van der Waals surface area contributed by atoms with Crippen LogP contribution in [0.15, 0.2) is 30.5 Å². The van der Waals surface area contributed by atoms with Crippen molar-refractivity contribution in [2.75, 3.05) is 0 Å². The number of carbonyl (C=O) groups is 1. The molecular formula is C17H12ClF3N2O. The van der Waals surface area contributed by atoms with E-state index in [4.69, 9.17) is 11.6 Å². The second-order valence-corrected chi connectivity index (χ2v) is 5.94. The summed E-state index contributed by atoms with van der Waals surface area (Å²) in [5.41, 5.74) is 2.20. The molecule has 124 valence electrons. The van der Waals surface area contributed by atoms with Crippen molar-refractivity contribution in [1.82, 2.24) is 9.38 Å². The van der Waals surface area contributed by atoms with Gasteiger partial charge in [-0.05, 0) is 37.1 Å². The standard InChI is InChI=1S/C17H12ClF3N2O/c1-9-3-4-11(5-10(9)2)15-14(8-24)23-7-12(17(19,20)21)6-13(18)16(23)22-15/h3-8H,1-2H3. The van der Waals surface area contributed by atoms with Crippen LogP contribution >= 0.6 is 11.6 Å². The SMILES string of the molecule is Cc1ccc(-c2nc3c(Cl)cc(C(F)(F)F)cn3c2C=O)cc1C. The molecule has 24 heavy (non-hydrogen) atoms. The molecule has 0 aliphatic carbocycles. The summed E-state index contributed by atoms with van der Waals surface area (Å²) in [6.07, 6.45) is -3.24. The molecule has 3 rings (SSSR count). The number of imidazole rings is 1. The quantitative estimate of drug-likeness (QED) is 0.601. The third kappa shape index (κ3) is 2.67. The van der Waals surface area contributed by atoms with Gasteiger partial charge in [0.1, 0.15) is 11.4 Å². The van der Waals surface area contributed by atoms with Crippen LogP contribution in [0.4, 0.5) is 13.2 Å². The zero-order valence-corrected chi connectivity index (χ0v) is 13.5. The molecule has 3 nitrogen and oxygen atoms in total. The lowest BCUT2D eigenvalue weighted by molar-refractivity contribution is -0.137. The van der Waals surface area contributed by atoms with E-state index in [0.29, 0.717) is 17.5 Å². The highest BCUT2D eigenvalue weighted by Crippen LogP contribution is 2.34. The first kappa shape index (κ1) is 16.5. The van der Waals surface area contributed by atoms with Gasteiger partial charge in [0, 0.05) is 11.8 Å². The van der Waals surface area contributed by atoms with Crippen molar-refractivity contribution < 1.29 is 18.0 Å². The summed E-state index contributed by atoms with van der Waals surface area (Å²) in [6, 6.07) is 6.28. The fraction of sp³-hybridized carbons (Fsp3) is 0.176. The highest BCUT2D eigenvalue weighted by Gasteiger charge is 2.32. The number of carbonyl (C=O) groups excluding carboxylic acids is 1. The molecule has 3 aromatic rings. The van der Waals surface area contributed by atoms with Crippen molar-refractivity contribution in [1.29, 1.82) is 0 Å². The van der Waals surface area contributed by atoms with Crippen LogP contribution in [0.5, 0.6) is 0 Å². The van der Waals surface area contributed by atoms with E-state index in [2.05, 4.69) is 4.98 Å². The second kappa shape index (κ2) is 5.63. The van der Waals surface area contributed by atoms with Gasteiger partial charge in [0.05, 0.1) is 10.6 Å². The fourth-order valence-corrected chi connectivity index (χ4v) is 2.74. The van der Waals surface area contributed by atoms with Gasteiger partial charge in [0.25, 0.3) is 0 Å². The van der Waals surface area contributed by atoms with Crippen LogP contribution < -0.4 is 0 Å². The Bertz CT molecular complexity index is 961. The average Bonchev–Trinajstić information content (AvgIpc) is 2.88. The first-order valence-electron chi connectivity index (χ1n) is 7.04. The Kier molecular flexibility index (Phi) is 3.87. The molecule has 0 amide bonds. The summed E-state index contributed by atoms with van der Waals surface area (Å²) in [5.74, 6) is 0. The average molecular weight is 353 g/mol. The largest absolute Gasteiger partial charge is 0.417 e. The molecule has 0 radical (unpaired) electrons. The summed E-state index contributed by atoms with van der Waals surface area (Å²) >= 11 is 5.96. The number of benzene rings is 1. The number of aldehydes is 1. The molecule has 0 saturated heterocycles. The van der Waals surface area contributed by atoms with Crippen molar-refractivity contribution in [3.05, 3.63) is 57.9 Å². The lowest BCUT2D eigenvalue weighted by Crippen LogP contribution is -2.07. The Morgan fingerprint density at radius 1 is 1.17 bits per heavy atom. The summed E-state index contributed by atoms with van der Waals surface area (Å²) in [4.78, 5) is 15.8. The molecule has 1 aromatic carbocycles. The Labute approximate surface area is 140 Å². The second-order valence-electron chi connectivity index (χ2n) is 5.53. The number of rotatable bonds is 2. The minimum Gasteiger partial charge on any atom is -0.296 e. The van der Waals surface area contributed by atoms with Crippen LogP contribution in [0.2, 0.25) is 5.02 Å². The number of pyridine rings is 1. The van der Waals surface area contributed by atoms with Crippen molar-refractivity contribution in [3.63, 3.8) is 0 Å². The predicted octanol–water partition coefficient (Wildman–Crippen LogP) is 5.10. The van der Waals surface area contributed by atoms with E-state index in [-0.39, 0.29) is 16.4 Å². The molecule has 7 heteroatoms. The van der Waals surface area contributed by atoms with Crippen LogP contribution in [0, 0.1) is 13.8 Å². The lowest BCUT2D eigenvalue weighted by Gasteiger charge is -2.08. The smallest absolute Gasteiger partial charge is 0.296 e. The number of nitrogens with zero attached hydrogens (tertiary/aromatic N) is 2. The highest BCUT2D eigenvalue weighted by molar-refractivity contribution is 6.33. The Hall–Kier alpha value is -2.34. The van der Waals surface area contributed by atoms with Crippen molar-refractivity contribution >= 4 is 23.5 Å². The van der Waals surface area contributed by atoms with E-state index in [9.17, 15) is 18.0 Å². The van der Waals surface area contributed by atoms with E-state index >= 15 is 0 Å². The van der Waals surface area contributed by atoms with E-state index in [0.717, 1.165) is 27.8 Å². The van der Waals surface area contributed by atoms with Crippen LogP contribution in [0.3, 0.4) is 0 Å². The first-order valence-corrected chi connectivity index (χ1v) is 7.41. The Morgan fingerprint density at radius 3 is 2.46 bits per heavy atom. The van der Waals surface area contributed by atoms with Gasteiger partial charge < -0.3 is 0 Å². The number of halogens is 4. The monoisotopic (exact) mass is 352 g/mol. The molecule has 0 spiro atoms. The Balaban J connectivity index is 2.32. The topological polar surface area (TPSA) is 34.4 Å². The molecule has 0 atom stereocenters. The molecule has 0 saturated carbocycles. The van der Waals surface area contributed by atoms with Gasteiger partial charge >= 0.3 is 6.18 Å². The molecule has 0 fully saturated rings. The van der Waals surface area contributed by atoms with Gasteiger partial charge in [-0.2, -0.15) is 13.2 Å². The van der Waals surface area contributed by atoms with E-state index < -0.39 is 11.7 Å². The molecule has 2 aromatic heterocycles. The predicted molar refractivity (Wildman–Crippen MR) is 85.5 cm³/mol. The summed E-state index contributed by atoms with van der Waals surface area (Å²) in [7, 11) is 0. The number of hydrogen-bond acceptors (Lipinski definition) is 2. The molecule has 0 aliphatic rings. The number of aryl methyl sites for hydroxylation is 2. The first-order chi connectivity index (χ1) is 11.2. The molecule has 0 unspecified atom stereocenters. The maximum absolute atomic E-state index is 13.0. The van der Waals surface area contributed by atoms with Gasteiger partial charge in [-0.25, -0.2) is 4.98 Å². The molecule has 0 N–H and O–H groups in total. The van der Waals surface area contributed by atoms with Gasteiger partial charge in [-0.3, -0.25) is 9.20 Å². The molecular weight excluding hydrogens is 341 g/mol. The fourth-order valence-electron chi connectivity index (χ4n) is 2.49. The molecule has 2 heterocycles. The maximum Gasteiger partial charge on any atom is 0.417 e.